The van der Waals surface area contributed by atoms with Crippen molar-refractivity contribution in [2.75, 3.05) is 38.3 Å². The van der Waals surface area contributed by atoms with Crippen LogP contribution in [0.5, 0.6) is 5.75 Å². The Bertz CT molecular complexity index is 1160. The molecule has 2 atom stereocenters. The Balaban J connectivity index is 1.63. The number of piperidine rings is 1. The van der Waals surface area contributed by atoms with Crippen molar-refractivity contribution in [3.05, 3.63) is 35.0 Å². The van der Waals surface area contributed by atoms with Gasteiger partial charge in [-0.1, -0.05) is 0 Å². The molecule has 1 unspecified atom stereocenters. The molecule has 0 spiro atoms. The molecule has 4 rings (SSSR count). The Labute approximate surface area is 227 Å². The van der Waals surface area contributed by atoms with Gasteiger partial charge in [0.25, 0.3) is 0 Å². The van der Waals surface area contributed by atoms with E-state index in [4.69, 9.17) is 14.2 Å². The summed E-state index contributed by atoms with van der Waals surface area (Å²) in [5, 5.41) is 2.94. The normalized spacial score (nSPS) is 21.4. The van der Waals surface area contributed by atoms with Crippen LogP contribution in [-0.4, -0.2) is 73.8 Å². The van der Waals surface area contributed by atoms with E-state index in [0.717, 1.165) is 31.7 Å². The minimum absolute atomic E-state index is 0.0175. The minimum atomic E-state index is -1.07. The third-order valence-electron chi connectivity index (χ3n) is 7.10. The van der Waals surface area contributed by atoms with E-state index < -0.39 is 52.0 Å². The van der Waals surface area contributed by atoms with Crippen LogP contribution in [0.15, 0.2) is 17.8 Å². The number of ketones is 1. The first kappa shape index (κ1) is 28.6. The minimum Gasteiger partial charge on any atom is -0.491 e. The van der Waals surface area contributed by atoms with Crippen molar-refractivity contribution in [2.45, 2.75) is 71.1 Å². The number of ether oxygens (including phenoxy) is 3. The molecule has 1 saturated carbocycles. The summed E-state index contributed by atoms with van der Waals surface area (Å²) in [5.74, 6) is -4.26. The third-order valence-corrected chi connectivity index (χ3v) is 7.10. The van der Waals surface area contributed by atoms with Crippen molar-refractivity contribution in [1.29, 1.82) is 0 Å². The number of amides is 1. The standard InChI is InChI=1S/C28H37F2N3O6/c1-6-38-26(35)19(13-31-17-9-10-17)24(34)18-12-20(29)23(25(37-5)22(18)30)32-14-16-8-7-11-33(21(16)15-32)27(36)39-28(2,3)4/h12-13,16-17,21,31H,6-11,14-15H2,1-5H3/b19-13-/t16-,21?/m0/s1. The Hall–Kier alpha value is -3.37. The zero-order valence-electron chi connectivity index (χ0n) is 23.1. The fourth-order valence-corrected chi connectivity index (χ4v) is 5.17. The van der Waals surface area contributed by atoms with E-state index in [1.807, 2.05) is 0 Å². The van der Waals surface area contributed by atoms with Gasteiger partial charge in [-0.25, -0.2) is 18.4 Å². The van der Waals surface area contributed by atoms with Crippen LogP contribution in [0.1, 0.15) is 63.7 Å². The number of Topliss-reactive ketones (excluding diaryl/α,β-unsaturated/α-hetero) is 1. The topological polar surface area (TPSA) is 97.4 Å². The summed E-state index contributed by atoms with van der Waals surface area (Å²) in [4.78, 5) is 41.9. The number of carbonyl (C=O) groups is 3. The zero-order chi connectivity index (χ0) is 28.5. The van der Waals surface area contributed by atoms with Crippen molar-refractivity contribution >= 4 is 23.5 Å². The zero-order valence-corrected chi connectivity index (χ0v) is 23.1. The lowest BCUT2D eigenvalue weighted by Gasteiger charge is -2.37. The fraction of sp³-hybridized carbons (Fsp3) is 0.607. The molecule has 3 fully saturated rings. The lowest BCUT2D eigenvalue weighted by molar-refractivity contribution is -0.138. The predicted molar refractivity (Wildman–Crippen MR) is 140 cm³/mol. The van der Waals surface area contributed by atoms with Gasteiger partial charge in [0.2, 0.25) is 5.78 Å². The highest BCUT2D eigenvalue weighted by Crippen LogP contribution is 2.42. The predicted octanol–water partition coefficient (Wildman–Crippen LogP) is 4.19. The number of carbonyl (C=O) groups excluding carboxylic acids is 3. The molecule has 1 aromatic rings. The van der Waals surface area contributed by atoms with Crippen molar-refractivity contribution in [1.82, 2.24) is 10.2 Å². The number of likely N-dealkylation sites (tertiary alicyclic amines) is 1. The molecule has 1 aliphatic carbocycles. The van der Waals surface area contributed by atoms with E-state index in [1.54, 1.807) is 37.5 Å². The van der Waals surface area contributed by atoms with Crippen LogP contribution in [0.25, 0.3) is 0 Å². The highest BCUT2D eigenvalue weighted by molar-refractivity contribution is 6.24. The van der Waals surface area contributed by atoms with Crippen LogP contribution in [0.4, 0.5) is 19.3 Å². The molecular weight excluding hydrogens is 512 g/mol. The number of nitrogens with zero attached hydrogens (tertiary/aromatic N) is 2. The Kier molecular flexibility index (Phi) is 8.37. The molecule has 9 nitrogen and oxygen atoms in total. The maximum atomic E-state index is 15.8. The summed E-state index contributed by atoms with van der Waals surface area (Å²) in [5.41, 5.74) is -1.83. The van der Waals surface area contributed by atoms with Gasteiger partial charge in [-0.15, -0.1) is 0 Å². The molecular formula is C28H37F2N3O6. The summed E-state index contributed by atoms with van der Waals surface area (Å²) in [7, 11) is 1.20. The Morgan fingerprint density at radius 3 is 2.49 bits per heavy atom. The summed E-state index contributed by atoms with van der Waals surface area (Å²) >= 11 is 0. The molecule has 214 valence electrons. The van der Waals surface area contributed by atoms with Crippen LogP contribution >= 0.6 is 0 Å². The number of methoxy groups -OCH3 is 1. The maximum absolute atomic E-state index is 15.8. The van der Waals surface area contributed by atoms with Crippen LogP contribution < -0.4 is 15.0 Å². The highest BCUT2D eigenvalue weighted by atomic mass is 19.1. The van der Waals surface area contributed by atoms with Crippen molar-refractivity contribution in [3.63, 3.8) is 0 Å². The van der Waals surface area contributed by atoms with Crippen molar-refractivity contribution in [3.8, 4) is 5.75 Å². The highest BCUT2D eigenvalue weighted by Gasteiger charge is 2.44. The molecule has 2 saturated heterocycles. The van der Waals surface area contributed by atoms with E-state index in [9.17, 15) is 14.4 Å². The van der Waals surface area contributed by atoms with Gasteiger partial charge >= 0.3 is 12.1 Å². The summed E-state index contributed by atoms with van der Waals surface area (Å²) < 4.78 is 47.3. The molecule has 11 heteroatoms. The summed E-state index contributed by atoms with van der Waals surface area (Å²) in [6.07, 6.45) is 4.15. The Morgan fingerprint density at radius 1 is 1.15 bits per heavy atom. The number of rotatable bonds is 8. The monoisotopic (exact) mass is 549 g/mol. The number of halogens is 2. The van der Waals surface area contributed by atoms with E-state index in [1.165, 1.54) is 13.3 Å². The van der Waals surface area contributed by atoms with Gasteiger partial charge in [0.1, 0.15) is 16.9 Å². The van der Waals surface area contributed by atoms with Gasteiger partial charge in [-0.05, 0) is 65.4 Å². The lowest BCUT2D eigenvalue weighted by Crippen LogP contribution is -2.50. The Morgan fingerprint density at radius 2 is 1.87 bits per heavy atom. The molecule has 1 amide bonds. The number of esters is 1. The van der Waals surface area contributed by atoms with E-state index in [0.29, 0.717) is 13.1 Å². The van der Waals surface area contributed by atoms with Gasteiger partial charge in [0.05, 0.1) is 25.3 Å². The van der Waals surface area contributed by atoms with Crippen molar-refractivity contribution < 1.29 is 37.4 Å². The number of fused-ring (bicyclic) bond motifs is 1. The first-order valence-electron chi connectivity index (χ1n) is 13.4. The molecule has 0 bridgehead atoms. The number of anilines is 1. The van der Waals surface area contributed by atoms with Gasteiger partial charge < -0.3 is 29.3 Å². The van der Waals surface area contributed by atoms with Crippen LogP contribution in [0.3, 0.4) is 0 Å². The average molecular weight is 550 g/mol. The maximum Gasteiger partial charge on any atom is 0.410 e. The lowest BCUT2D eigenvalue weighted by atomic mass is 9.92. The smallest absolute Gasteiger partial charge is 0.410 e. The average Bonchev–Trinajstić information content (AvgIpc) is 3.59. The number of nitrogens with one attached hydrogen (secondary N) is 1. The molecule has 2 aliphatic heterocycles. The third kappa shape index (κ3) is 6.28. The van der Waals surface area contributed by atoms with Gasteiger partial charge in [-0.2, -0.15) is 0 Å². The molecule has 3 aliphatic rings. The fourth-order valence-electron chi connectivity index (χ4n) is 5.17. The van der Waals surface area contributed by atoms with E-state index >= 15 is 8.78 Å². The number of hydrogen-bond acceptors (Lipinski definition) is 8. The molecule has 0 radical (unpaired) electrons. The molecule has 0 aromatic heterocycles. The molecule has 1 aromatic carbocycles. The molecule has 1 N–H and O–H groups in total. The van der Waals surface area contributed by atoms with Gasteiger partial charge in [-0.3, -0.25) is 4.79 Å². The number of benzene rings is 1. The van der Waals surface area contributed by atoms with E-state index in [2.05, 4.69) is 5.32 Å². The summed E-state index contributed by atoms with van der Waals surface area (Å²) in [6, 6.07) is 0.682. The quantitative estimate of drug-likeness (QED) is 0.170. The van der Waals surface area contributed by atoms with Crippen LogP contribution in [-0.2, 0) is 14.3 Å². The molecule has 39 heavy (non-hydrogen) atoms. The second-order valence-electron chi connectivity index (χ2n) is 11.2. The largest absolute Gasteiger partial charge is 0.491 e. The second-order valence-corrected chi connectivity index (χ2v) is 11.2. The van der Waals surface area contributed by atoms with Crippen LogP contribution in [0, 0.1) is 17.6 Å². The van der Waals surface area contributed by atoms with Crippen molar-refractivity contribution in [2.24, 2.45) is 5.92 Å². The second kappa shape index (κ2) is 11.4. The van der Waals surface area contributed by atoms with Gasteiger partial charge in [0.15, 0.2) is 17.4 Å². The first-order valence-corrected chi connectivity index (χ1v) is 13.4. The summed E-state index contributed by atoms with van der Waals surface area (Å²) in [6.45, 7) is 8.14. The van der Waals surface area contributed by atoms with E-state index in [-0.39, 0.29) is 36.8 Å². The van der Waals surface area contributed by atoms with Crippen LogP contribution in [0.2, 0.25) is 0 Å². The molecule has 2 heterocycles. The first-order chi connectivity index (χ1) is 18.4. The van der Waals surface area contributed by atoms with Gasteiger partial charge in [0, 0.05) is 31.9 Å². The SMILES string of the molecule is CCOC(=O)/C(=C\NC1CC1)C(=O)c1cc(F)c(N2CC3[C@@H](CCCN3C(=O)OC(C)(C)C)C2)c(OC)c1F. The number of hydrogen-bond donors (Lipinski definition) is 1.